The fourth-order valence-corrected chi connectivity index (χ4v) is 2.10. The van der Waals surface area contributed by atoms with Crippen molar-refractivity contribution in [3.8, 4) is 0 Å². The molecule has 4 N–H and O–H groups in total. The Labute approximate surface area is 148 Å². The minimum absolute atomic E-state index is 0.0921. The number of nitrogens with one attached hydrogen (secondary N) is 3. The summed E-state index contributed by atoms with van der Waals surface area (Å²) in [6, 6.07) is 7.96. The zero-order valence-electron chi connectivity index (χ0n) is 13.8. The third-order valence-corrected chi connectivity index (χ3v) is 3.39. The average Bonchev–Trinajstić information content (AvgIpc) is 2.57. The van der Waals surface area contributed by atoms with E-state index in [1.165, 1.54) is 0 Å². The Morgan fingerprint density at radius 2 is 1.69 bits per heavy atom. The monoisotopic (exact) mass is 375 g/mol. The Morgan fingerprint density at radius 1 is 1.04 bits per heavy atom. The molecule has 0 saturated heterocycles. The van der Waals surface area contributed by atoms with Crippen molar-refractivity contribution in [2.75, 3.05) is 6.54 Å². The van der Waals surface area contributed by atoms with Crippen LogP contribution in [-0.4, -0.2) is 41.8 Å². The fourth-order valence-electron chi connectivity index (χ4n) is 2.10. The van der Waals surface area contributed by atoms with Crippen LogP contribution in [0.25, 0.3) is 0 Å². The van der Waals surface area contributed by atoms with Crippen LogP contribution in [0.4, 0.5) is 18.0 Å². The molecule has 144 valence electrons. The highest BCUT2D eigenvalue weighted by molar-refractivity contribution is 5.85. The van der Waals surface area contributed by atoms with E-state index in [0.29, 0.717) is 0 Å². The highest BCUT2D eigenvalue weighted by Gasteiger charge is 2.38. The number of benzene rings is 1. The molecule has 0 radical (unpaired) electrons. The van der Waals surface area contributed by atoms with Gasteiger partial charge in [0.15, 0.2) is 0 Å². The van der Waals surface area contributed by atoms with Crippen molar-refractivity contribution in [2.45, 2.75) is 38.0 Å². The number of rotatable bonds is 9. The first-order valence-electron chi connectivity index (χ1n) is 7.86. The molecule has 3 amide bonds. The number of halogens is 3. The van der Waals surface area contributed by atoms with E-state index in [1.54, 1.807) is 29.6 Å². The van der Waals surface area contributed by atoms with Gasteiger partial charge in [0.1, 0.15) is 6.04 Å². The maximum Gasteiger partial charge on any atom is 0.471 e. The maximum absolute atomic E-state index is 12.1. The van der Waals surface area contributed by atoms with Gasteiger partial charge in [0.2, 0.25) is 5.91 Å². The number of alkyl halides is 3. The number of carbonyl (C=O) groups is 3. The third-order valence-electron chi connectivity index (χ3n) is 3.39. The summed E-state index contributed by atoms with van der Waals surface area (Å²) in [6.07, 6.45) is -5.80. The second kappa shape index (κ2) is 10.3. The molecule has 0 fully saturated rings. The van der Waals surface area contributed by atoms with Crippen LogP contribution >= 0.6 is 0 Å². The Kier molecular flexibility index (Phi) is 8.40. The van der Waals surface area contributed by atoms with E-state index in [2.05, 4.69) is 10.6 Å². The molecule has 0 aliphatic heterocycles. The zero-order valence-corrected chi connectivity index (χ0v) is 13.8. The minimum Gasteiger partial charge on any atom is -0.465 e. The minimum atomic E-state index is -4.94. The number of carbonyl (C=O) groups excluding carboxylic acids is 2. The molecule has 26 heavy (non-hydrogen) atoms. The van der Waals surface area contributed by atoms with E-state index in [4.69, 9.17) is 5.11 Å². The van der Waals surface area contributed by atoms with Gasteiger partial charge in [-0.1, -0.05) is 30.3 Å². The summed E-state index contributed by atoms with van der Waals surface area (Å²) < 4.78 is 36.1. The molecule has 0 heterocycles. The second-order valence-electron chi connectivity index (χ2n) is 5.45. The summed E-state index contributed by atoms with van der Waals surface area (Å²) >= 11 is 0. The van der Waals surface area contributed by atoms with Crippen LogP contribution in [-0.2, 0) is 16.1 Å². The van der Waals surface area contributed by atoms with Gasteiger partial charge in [0.05, 0.1) is 0 Å². The first kappa shape index (κ1) is 21.3. The molecule has 0 aliphatic carbocycles. The Balaban J connectivity index is 2.39. The van der Waals surface area contributed by atoms with Gasteiger partial charge in [-0.15, -0.1) is 0 Å². The van der Waals surface area contributed by atoms with Gasteiger partial charge in [-0.05, 0) is 24.8 Å². The van der Waals surface area contributed by atoms with Crippen molar-refractivity contribution in [1.29, 1.82) is 0 Å². The lowest BCUT2D eigenvalue weighted by Gasteiger charge is -2.17. The maximum atomic E-state index is 12.1. The highest BCUT2D eigenvalue weighted by atomic mass is 19.4. The van der Waals surface area contributed by atoms with Gasteiger partial charge < -0.3 is 21.1 Å². The van der Waals surface area contributed by atoms with Crippen LogP contribution in [0.5, 0.6) is 0 Å². The van der Waals surface area contributed by atoms with Crippen LogP contribution in [0.1, 0.15) is 24.8 Å². The van der Waals surface area contributed by atoms with E-state index in [9.17, 15) is 27.6 Å². The number of amides is 3. The van der Waals surface area contributed by atoms with Gasteiger partial charge in [-0.25, -0.2) is 4.79 Å². The van der Waals surface area contributed by atoms with Gasteiger partial charge in [0, 0.05) is 13.1 Å². The Morgan fingerprint density at radius 3 is 2.27 bits per heavy atom. The van der Waals surface area contributed by atoms with Crippen LogP contribution < -0.4 is 16.0 Å². The summed E-state index contributed by atoms with van der Waals surface area (Å²) in [4.78, 5) is 33.5. The smallest absolute Gasteiger partial charge is 0.465 e. The van der Waals surface area contributed by atoms with Crippen LogP contribution in [0.15, 0.2) is 30.3 Å². The molecule has 1 atom stereocenters. The van der Waals surface area contributed by atoms with E-state index >= 15 is 0 Å². The van der Waals surface area contributed by atoms with Gasteiger partial charge in [-0.2, -0.15) is 13.2 Å². The topological polar surface area (TPSA) is 108 Å². The molecule has 1 aromatic carbocycles. The molecule has 0 aliphatic rings. The molecule has 0 saturated carbocycles. The van der Waals surface area contributed by atoms with Crippen molar-refractivity contribution in [3.63, 3.8) is 0 Å². The average molecular weight is 375 g/mol. The quantitative estimate of drug-likeness (QED) is 0.494. The van der Waals surface area contributed by atoms with Crippen molar-refractivity contribution in [3.05, 3.63) is 35.9 Å². The van der Waals surface area contributed by atoms with Gasteiger partial charge in [-0.3, -0.25) is 9.59 Å². The van der Waals surface area contributed by atoms with E-state index in [-0.39, 0.29) is 32.4 Å². The summed E-state index contributed by atoms with van der Waals surface area (Å²) in [5.41, 5.74) is 0.838. The molecule has 7 nitrogen and oxygen atoms in total. The summed E-state index contributed by atoms with van der Waals surface area (Å²) in [6.45, 7) is 0.00286. The predicted octanol–water partition coefficient (Wildman–Crippen LogP) is 1.79. The molecule has 0 bridgehead atoms. The molecule has 1 aromatic rings. The first-order chi connectivity index (χ1) is 12.2. The standard InChI is InChI=1S/C16H20F3N3O4/c17-16(18,19)14(24)20-9-5-4-8-12(22-15(25)26)13(23)21-10-11-6-2-1-3-7-11/h1-3,6-7,12,22H,4-5,8-10H2,(H,20,24)(H,21,23)(H,25,26). The number of hydrogen-bond acceptors (Lipinski definition) is 3. The second-order valence-corrected chi connectivity index (χ2v) is 5.45. The van der Waals surface area contributed by atoms with Crippen LogP contribution in [0.2, 0.25) is 0 Å². The lowest BCUT2D eigenvalue weighted by Crippen LogP contribution is -2.46. The molecule has 0 aromatic heterocycles. The SMILES string of the molecule is O=C(O)NC(CCCCNC(=O)C(F)(F)F)C(=O)NCc1ccccc1. The van der Waals surface area contributed by atoms with Crippen molar-refractivity contribution >= 4 is 17.9 Å². The predicted molar refractivity (Wildman–Crippen MR) is 86.2 cm³/mol. The van der Waals surface area contributed by atoms with E-state index in [0.717, 1.165) is 5.56 Å². The summed E-state index contributed by atoms with van der Waals surface area (Å²) in [5, 5.41) is 15.2. The summed E-state index contributed by atoms with van der Waals surface area (Å²) in [7, 11) is 0. The van der Waals surface area contributed by atoms with Crippen molar-refractivity contribution < 1.29 is 32.7 Å². The van der Waals surface area contributed by atoms with Crippen molar-refractivity contribution in [1.82, 2.24) is 16.0 Å². The molecule has 10 heteroatoms. The number of carboxylic acid groups (broad SMARTS) is 1. The molecular weight excluding hydrogens is 355 g/mol. The normalized spacial score (nSPS) is 12.1. The van der Waals surface area contributed by atoms with Gasteiger partial charge in [0.25, 0.3) is 0 Å². The Bertz CT molecular complexity index is 609. The number of hydrogen-bond donors (Lipinski definition) is 4. The Hall–Kier alpha value is -2.78. The molecular formula is C16H20F3N3O4. The zero-order chi connectivity index (χ0) is 19.6. The molecule has 0 spiro atoms. The third kappa shape index (κ3) is 8.36. The van der Waals surface area contributed by atoms with Gasteiger partial charge >= 0.3 is 18.2 Å². The fraction of sp³-hybridized carbons (Fsp3) is 0.438. The largest absolute Gasteiger partial charge is 0.471 e. The number of unbranched alkanes of at least 4 members (excludes halogenated alkanes) is 1. The van der Waals surface area contributed by atoms with Crippen molar-refractivity contribution in [2.24, 2.45) is 0 Å². The highest BCUT2D eigenvalue weighted by Crippen LogP contribution is 2.14. The summed E-state index contributed by atoms with van der Waals surface area (Å²) in [5.74, 6) is -2.56. The van der Waals surface area contributed by atoms with Crippen LogP contribution in [0, 0.1) is 0 Å². The van der Waals surface area contributed by atoms with E-state index in [1.807, 2.05) is 6.07 Å². The van der Waals surface area contributed by atoms with E-state index < -0.39 is 30.1 Å². The molecule has 1 rings (SSSR count). The molecule has 1 unspecified atom stereocenters. The first-order valence-corrected chi connectivity index (χ1v) is 7.86. The lowest BCUT2D eigenvalue weighted by molar-refractivity contribution is -0.173. The lowest BCUT2D eigenvalue weighted by atomic mass is 10.1. The van der Waals surface area contributed by atoms with Crippen LogP contribution in [0.3, 0.4) is 0 Å².